The van der Waals surface area contributed by atoms with E-state index in [1.54, 1.807) is 13.8 Å². The summed E-state index contributed by atoms with van der Waals surface area (Å²) in [4.78, 5) is 19.3. The van der Waals surface area contributed by atoms with Crippen LogP contribution >= 0.6 is 0 Å². The lowest BCUT2D eigenvalue weighted by molar-refractivity contribution is -0.137. The van der Waals surface area contributed by atoms with Crippen LogP contribution in [0.3, 0.4) is 0 Å². The van der Waals surface area contributed by atoms with Gasteiger partial charge in [-0.1, -0.05) is 12.1 Å². The van der Waals surface area contributed by atoms with Gasteiger partial charge in [0.05, 0.1) is 17.0 Å². The summed E-state index contributed by atoms with van der Waals surface area (Å²) in [7, 11) is 0. The molecule has 0 aliphatic rings. The van der Waals surface area contributed by atoms with E-state index >= 15 is 0 Å². The zero-order valence-corrected chi connectivity index (χ0v) is 11.9. The number of carbonyl (C=O) groups is 1. The average Bonchev–Trinajstić information content (AvgIpc) is 2.36. The minimum atomic E-state index is -4.37. The van der Waals surface area contributed by atoms with Crippen molar-refractivity contribution in [3.63, 3.8) is 0 Å². The Hall–Kier alpha value is -2.44. The molecule has 1 aromatic carbocycles. The molecule has 2 aromatic rings. The van der Waals surface area contributed by atoms with Crippen LogP contribution in [0.25, 0.3) is 0 Å². The molecule has 0 radical (unpaired) electrons. The first-order chi connectivity index (χ1) is 10.2. The molecule has 4 nitrogen and oxygen atoms in total. The van der Waals surface area contributed by atoms with Gasteiger partial charge < -0.3 is 5.11 Å². The third kappa shape index (κ3) is 3.41. The van der Waals surface area contributed by atoms with Gasteiger partial charge in [-0.05, 0) is 31.5 Å². The summed E-state index contributed by atoms with van der Waals surface area (Å²) in [6.07, 6.45) is -4.13. The highest BCUT2D eigenvalue weighted by Crippen LogP contribution is 2.29. The van der Waals surface area contributed by atoms with Crippen molar-refractivity contribution >= 4 is 5.97 Å². The lowest BCUT2D eigenvalue weighted by Gasteiger charge is -2.09. The van der Waals surface area contributed by atoms with Crippen LogP contribution < -0.4 is 0 Å². The smallest absolute Gasteiger partial charge is 0.416 e. The van der Waals surface area contributed by atoms with Gasteiger partial charge in [0, 0.05) is 6.42 Å². The fraction of sp³-hybridized carbons (Fsp3) is 0.267. The normalized spacial score (nSPS) is 11.5. The molecule has 0 unspecified atom stereocenters. The van der Waals surface area contributed by atoms with Crippen LogP contribution in [-0.4, -0.2) is 21.0 Å². The molecular formula is C15H13F3N2O2. The summed E-state index contributed by atoms with van der Waals surface area (Å²) in [5.74, 6) is -0.726. The monoisotopic (exact) mass is 310 g/mol. The Balaban J connectivity index is 2.26. The van der Waals surface area contributed by atoms with Crippen molar-refractivity contribution < 1.29 is 23.1 Å². The van der Waals surface area contributed by atoms with Gasteiger partial charge in [0.2, 0.25) is 0 Å². The Kier molecular flexibility index (Phi) is 4.16. The molecule has 0 saturated heterocycles. The van der Waals surface area contributed by atoms with E-state index in [1.807, 2.05) is 0 Å². The first-order valence-electron chi connectivity index (χ1n) is 6.42. The number of aromatic nitrogens is 2. The zero-order valence-electron chi connectivity index (χ0n) is 11.9. The first-order valence-corrected chi connectivity index (χ1v) is 6.42. The van der Waals surface area contributed by atoms with E-state index in [-0.39, 0.29) is 12.0 Å². The number of halogens is 3. The molecule has 0 aliphatic carbocycles. The summed E-state index contributed by atoms with van der Waals surface area (Å²) in [5.41, 5.74) is 0.626. The molecule has 0 saturated carbocycles. The van der Waals surface area contributed by atoms with E-state index in [2.05, 4.69) is 9.97 Å². The molecule has 0 bridgehead atoms. The number of hydrogen-bond acceptors (Lipinski definition) is 3. The molecule has 7 heteroatoms. The van der Waals surface area contributed by atoms with Crippen molar-refractivity contribution in [2.75, 3.05) is 0 Å². The predicted molar refractivity (Wildman–Crippen MR) is 72.7 cm³/mol. The molecule has 0 amide bonds. The Labute approximate surface area is 124 Å². The molecule has 0 fully saturated rings. The Morgan fingerprint density at radius 1 is 1.09 bits per heavy atom. The van der Waals surface area contributed by atoms with Gasteiger partial charge >= 0.3 is 12.1 Å². The van der Waals surface area contributed by atoms with Gasteiger partial charge in [-0.2, -0.15) is 13.2 Å². The number of benzene rings is 1. The molecule has 22 heavy (non-hydrogen) atoms. The predicted octanol–water partition coefficient (Wildman–Crippen LogP) is 3.40. The standard InChI is InChI=1S/C15H13F3N2O2/c1-8-13(14(21)22)9(2)20-12(19-8)7-10-3-5-11(6-4-10)15(16,17)18/h3-6H,7H2,1-2H3,(H,21,22). The summed E-state index contributed by atoms with van der Waals surface area (Å²) in [5, 5.41) is 9.05. The molecule has 0 atom stereocenters. The second-order valence-corrected chi connectivity index (χ2v) is 4.86. The van der Waals surface area contributed by atoms with E-state index in [1.165, 1.54) is 12.1 Å². The molecule has 1 aromatic heterocycles. The number of alkyl halides is 3. The van der Waals surface area contributed by atoms with Crippen LogP contribution in [0.15, 0.2) is 24.3 Å². The highest BCUT2D eigenvalue weighted by molar-refractivity contribution is 5.89. The highest BCUT2D eigenvalue weighted by atomic mass is 19.4. The highest BCUT2D eigenvalue weighted by Gasteiger charge is 2.29. The largest absolute Gasteiger partial charge is 0.478 e. The van der Waals surface area contributed by atoms with Crippen molar-refractivity contribution in [1.29, 1.82) is 0 Å². The molecule has 0 aliphatic heterocycles. The second kappa shape index (κ2) is 5.75. The van der Waals surface area contributed by atoms with Crippen molar-refractivity contribution in [3.8, 4) is 0 Å². The lowest BCUT2D eigenvalue weighted by Crippen LogP contribution is -2.10. The quantitative estimate of drug-likeness (QED) is 0.943. The SMILES string of the molecule is Cc1nc(Cc2ccc(C(F)(F)F)cc2)nc(C)c1C(=O)O. The molecule has 2 rings (SSSR count). The van der Waals surface area contributed by atoms with Gasteiger partial charge in [-0.3, -0.25) is 0 Å². The third-order valence-corrected chi connectivity index (χ3v) is 3.17. The Morgan fingerprint density at radius 3 is 2.00 bits per heavy atom. The minimum absolute atomic E-state index is 0.0520. The third-order valence-electron chi connectivity index (χ3n) is 3.17. The summed E-state index contributed by atoms with van der Waals surface area (Å²) in [6, 6.07) is 4.73. The first kappa shape index (κ1) is 15.9. The number of aromatic carboxylic acids is 1. The van der Waals surface area contributed by atoms with Crippen LogP contribution in [0, 0.1) is 13.8 Å². The molecular weight excluding hydrogens is 297 g/mol. The number of carboxylic acids is 1. The summed E-state index contributed by atoms with van der Waals surface area (Å²) in [6.45, 7) is 3.13. The van der Waals surface area contributed by atoms with E-state index in [4.69, 9.17) is 5.11 Å². The maximum Gasteiger partial charge on any atom is 0.416 e. The topological polar surface area (TPSA) is 63.1 Å². The fourth-order valence-electron chi connectivity index (χ4n) is 2.17. The minimum Gasteiger partial charge on any atom is -0.478 e. The number of nitrogens with zero attached hydrogens (tertiary/aromatic N) is 2. The van der Waals surface area contributed by atoms with E-state index in [0.29, 0.717) is 22.8 Å². The van der Waals surface area contributed by atoms with Crippen molar-refractivity contribution in [2.24, 2.45) is 0 Å². The summed E-state index contributed by atoms with van der Waals surface area (Å²) < 4.78 is 37.5. The Bertz CT molecular complexity index is 687. The summed E-state index contributed by atoms with van der Waals surface area (Å²) >= 11 is 0. The number of aryl methyl sites for hydroxylation is 2. The van der Waals surface area contributed by atoms with Crippen LogP contribution in [0.2, 0.25) is 0 Å². The average molecular weight is 310 g/mol. The van der Waals surface area contributed by atoms with E-state index < -0.39 is 17.7 Å². The van der Waals surface area contributed by atoms with Gasteiger partial charge in [-0.15, -0.1) is 0 Å². The van der Waals surface area contributed by atoms with E-state index in [9.17, 15) is 18.0 Å². The van der Waals surface area contributed by atoms with Crippen LogP contribution in [0.4, 0.5) is 13.2 Å². The van der Waals surface area contributed by atoms with Gasteiger partial charge in [0.25, 0.3) is 0 Å². The van der Waals surface area contributed by atoms with Crippen molar-refractivity contribution in [1.82, 2.24) is 9.97 Å². The van der Waals surface area contributed by atoms with Crippen LogP contribution in [-0.2, 0) is 12.6 Å². The molecule has 1 heterocycles. The van der Waals surface area contributed by atoms with Gasteiger partial charge in [-0.25, -0.2) is 14.8 Å². The van der Waals surface area contributed by atoms with Crippen molar-refractivity contribution in [3.05, 3.63) is 58.2 Å². The lowest BCUT2D eigenvalue weighted by atomic mass is 10.1. The molecule has 1 N–H and O–H groups in total. The van der Waals surface area contributed by atoms with Gasteiger partial charge in [0.1, 0.15) is 11.4 Å². The zero-order chi connectivity index (χ0) is 16.5. The van der Waals surface area contributed by atoms with Crippen LogP contribution in [0.1, 0.15) is 38.7 Å². The van der Waals surface area contributed by atoms with E-state index in [0.717, 1.165) is 12.1 Å². The Morgan fingerprint density at radius 2 is 1.59 bits per heavy atom. The number of carboxylic acid groups (broad SMARTS) is 1. The number of rotatable bonds is 3. The second-order valence-electron chi connectivity index (χ2n) is 4.86. The molecule has 0 spiro atoms. The number of hydrogen-bond donors (Lipinski definition) is 1. The maximum atomic E-state index is 12.5. The van der Waals surface area contributed by atoms with Crippen LogP contribution in [0.5, 0.6) is 0 Å². The van der Waals surface area contributed by atoms with Crippen molar-refractivity contribution in [2.45, 2.75) is 26.4 Å². The fourth-order valence-corrected chi connectivity index (χ4v) is 2.17. The molecule has 116 valence electrons. The van der Waals surface area contributed by atoms with Gasteiger partial charge in [0.15, 0.2) is 0 Å². The maximum absolute atomic E-state index is 12.5.